The fourth-order valence-corrected chi connectivity index (χ4v) is 1.48. The van der Waals surface area contributed by atoms with Crippen molar-refractivity contribution < 1.29 is 0 Å². The highest BCUT2D eigenvalue weighted by atomic mass is 127. The lowest BCUT2D eigenvalue weighted by atomic mass is 10.4. The van der Waals surface area contributed by atoms with Crippen LogP contribution in [-0.4, -0.2) is 42.1 Å². The van der Waals surface area contributed by atoms with Gasteiger partial charge in [0, 0.05) is 17.5 Å². The van der Waals surface area contributed by atoms with Crippen LogP contribution in [0.5, 0.6) is 0 Å². The zero-order chi connectivity index (χ0) is 9.23. The minimum atomic E-state index is 1.14. The Labute approximate surface area is 90.2 Å². The summed E-state index contributed by atoms with van der Waals surface area (Å²) in [7, 11) is 0. The maximum atomic E-state index is 3.44. The van der Waals surface area contributed by atoms with Crippen LogP contribution in [0.15, 0.2) is 0 Å². The largest absolute Gasteiger partial charge is 0.315 e. The molecule has 0 bridgehead atoms. The summed E-state index contributed by atoms with van der Waals surface area (Å²) >= 11 is 2.42. The third kappa shape index (κ3) is 7.31. The van der Waals surface area contributed by atoms with Gasteiger partial charge in [0.25, 0.3) is 0 Å². The van der Waals surface area contributed by atoms with Gasteiger partial charge >= 0.3 is 0 Å². The van der Waals surface area contributed by atoms with E-state index in [1.165, 1.54) is 37.0 Å². The third-order valence-corrected chi connectivity index (χ3v) is 2.75. The van der Waals surface area contributed by atoms with Crippen molar-refractivity contribution in [2.24, 2.45) is 0 Å². The van der Waals surface area contributed by atoms with E-state index < -0.39 is 0 Å². The van der Waals surface area contributed by atoms with Gasteiger partial charge in [0.1, 0.15) is 0 Å². The van der Waals surface area contributed by atoms with E-state index in [1.54, 1.807) is 0 Å². The molecule has 0 heterocycles. The van der Waals surface area contributed by atoms with Gasteiger partial charge in [-0.15, -0.1) is 0 Å². The number of nitrogens with one attached hydrogen (secondary N) is 1. The van der Waals surface area contributed by atoms with Crippen LogP contribution in [0.25, 0.3) is 0 Å². The van der Waals surface area contributed by atoms with Crippen molar-refractivity contribution in [2.75, 3.05) is 37.2 Å². The average molecular weight is 284 g/mol. The number of rotatable bonds is 8. The smallest absolute Gasteiger partial charge is 0.0107 e. The van der Waals surface area contributed by atoms with Crippen LogP contribution in [0.4, 0.5) is 0 Å². The molecule has 0 radical (unpaired) electrons. The fourth-order valence-electron chi connectivity index (χ4n) is 1.09. The van der Waals surface area contributed by atoms with E-state index in [1.807, 2.05) is 0 Å². The van der Waals surface area contributed by atoms with Gasteiger partial charge in [0.2, 0.25) is 0 Å². The number of hydrogen-bond acceptors (Lipinski definition) is 2. The molecule has 12 heavy (non-hydrogen) atoms. The van der Waals surface area contributed by atoms with E-state index in [9.17, 15) is 0 Å². The summed E-state index contributed by atoms with van der Waals surface area (Å²) in [5.74, 6) is 0. The molecule has 3 heteroatoms. The van der Waals surface area contributed by atoms with Crippen molar-refractivity contribution in [1.29, 1.82) is 0 Å². The second kappa shape index (κ2) is 9.74. The molecule has 0 fully saturated rings. The number of alkyl halides is 1. The van der Waals surface area contributed by atoms with Gasteiger partial charge in [0.05, 0.1) is 0 Å². The topological polar surface area (TPSA) is 15.3 Å². The lowest BCUT2D eigenvalue weighted by Gasteiger charge is -2.17. The summed E-state index contributed by atoms with van der Waals surface area (Å²) in [6, 6.07) is 0. The first-order chi connectivity index (χ1) is 5.85. The monoisotopic (exact) mass is 284 g/mol. The Hall–Kier alpha value is 0.650. The van der Waals surface area contributed by atoms with Crippen LogP contribution >= 0.6 is 22.6 Å². The lowest BCUT2D eigenvalue weighted by molar-refractivity contribution is 0.303. The maximum absolute atomic E-state index is 3.44. The Morgan fingerprint density at radius 1 is 1.17 bits per heavy atom. The Morgan fingerprint density at radius 3 is 2.33 bits per heavy atom. The molecule has 1 N–H and O–H groups in total. The number of hydrogen-bond donors (Lipinski definition) is 1. The first-order valence-electron chi connectivity index (χ1n) is 4.84. The Bertz CT molecular complexity index is 84.6. The summed E-state index contributed by atoms with van der Waals surface area (Å²) in [6.07, 6.45) is 1.29. The Morgan fingerprint density at radius 2 is 1.83 bits per heavy atom. The molecule has 0 spiro atoms. The van der Waals surface area contributed by atoms with Gasteiger partial charge in [-0.05, 0) is 26.1 Å². The molecule has 0 aromatic heterocycles. The Kier molecular flexibility index (Phi) is 10.3. The van der Waals surface area contributed by atoms with Crippen LogP contribution in [0, 0.1) is 0 Å². The highest BCUT2D eigenvalue weighted by Crippen LogP contribution is 1.86. The molecule has 2 nitrogen and oxygen atoms in total. The van der Waals surface area contributed by atoms with Gasteiger partial charge in [0.15, 0.2) is 0 Å². The van der Waals surface area contributed by atoms with E-state index in [-0.39, 0.29) is 0 Å². The maximum Gasteiger partial charge on any atom is 0.0107 e. The minimum Gasteiger partial charge on any atom is -0.315 e. The first-order valence-corrected chi connectivity index (χ1v) is 6.36. The van der Waals surface area contributed by atoms with Crippen LogP contribution in [-0.2, 0) is 0 Å². The van der Waals surface area contributed by atoms with Crippen molar-refractivity contribution in [3.63, 3.8) is 0 Å². The number of nitrogens with zero attached hydrogens (tertiary/aromatic N) is 1. The molecule has 74 valence electrons. The average Bonchev–Trinajstić information content (AvgIpc) is 2.11. The molecule has 0 unspecified atom stereocenters. The normalized spacial score (nSPS) is 11.0. The molecular weight excluding hydrogens is 263 g/mol. The summed E-state index contributed by atoms with van der Waals surface area (Å²) in [4.78, 5) is 2.44. The fraction of sp³-hybridized carbons (Fsp3) is 1.00. The second-order valence-electron chi connectivity index (χ2n) is 2.82. The molecule has 0 atom stereocenters. The van der Waals surface area contributed by atoms with Crippen molar-refractivity contribution >= 4 is 22.6 Å². The highest BCUT2D eigenvalue weighted by Gasteiger charge is 1.96. The predicted octanol–water partition coefficient (Wildman–Crippen LogP) is 1.74. The van der Waals surface area contributed by atoms with Crippen LogP contribution < -0.4 is 5.32 Å². The standard InChI is InChI=1S/C9H21IN2/c1-3-12(4-2)9-8-11-7-5-6-10/h11H,3-9H2,1-2H3. The van der Waals surface area contributed by atoms with Gasteiger partial charge < -0.3 is 10.2 Å². The van der Waals surface area contributed by atoms with Gasteiger partial charge in [-0.25, -0.2) is 0 Å². The quantitative estimate of drug-likeness (QED) is 0.415. The van der Waals surface area contributed by atoms with E-state index in [0.29, 0.717) is 0 Å². The van der Waals surface area contributed by atoms with Gasteiger partial charge in [-0.3, -0.25) is 0 Å². The third-order valence-electron chi connectivity index (χ3n) is 1.99. The van der Waals surface area contributed by atoms with Crippen LogP contribution in [0.3, 0.4) is 0 Å². The molecule has 0 saturated heterocycles. The van der Waals surface area contributed by atoms with E-state index in [4.69, 9.17) is 0 Å². The lowest BCUT2D eigenvalue weighted by Crippen LogP contribution is -2.32. The van der Waals surface area contributed by atoms with Crippen molar-refractivity contribution in [3.8, 4) is 0 Å². The van der Waals surface area contributed by atoms with Gasteiger partial charge in [-0.2, -0.15) is 0 Å². The summed E-state index contributed by atoms with van der Waals surface area (Å²) in [5, 5.41) is 3.44. The molecule has 0 rings (SSSR count). The van der Waals surface area contributed by atoms with E-state index in [2.05, 4.69) is 46.7 Å². The van der Waals surface area contributed by atoms with Crippen molar-refractivity contribution in [2.45, 2.75) is 20.3 Å². The second-order valence-corrected chi connectivity index (χ2v) is 3.90. The summed E-state index contributed by atoms with van der Waals surface area (Å²) in [5.41, 5.74) is 0. The minimum absolute atomic E-state index is 1.14. The highest BCUT2D eigenvalue weighted by molar-refractivity contribution is 14.1. The molecule has 0 aromatic rings. The van der Waals surface area contributed by atoms with E-state index >= 15 is 0 Å². The van der Waals surface area contributed by atoms with Gasteiger partial charge in [-0.1, -0.05) is 36.4 Å². The SMILES string of the molecule is CCN(CC)CCNCCCI. The molecular formula is C9H21IN2. The first kappa shape index (κ1) is 12.7. The molecule has 0 amide bonds. The van der Waals surface area contributed by atoms with E-state index in [0.717, 1.165) is 6.54 Å². The summed E-state index contributed by atoms with van der Waals surface area (Å²) in [6.45, 7) is 10.3. The molecule has 0 aromatic carbocycles. The zero-order valence-electron chi connectivity index (χ0n) is 8.27. The van der Waals surface area contributed by atoms with Crippen molar-refractivity contribution in [1.82, 2.24) is 10.2 Å². The molecule has 0 aliphatic rings. The molecule has 0 aliphatic heterocycles. The molecule has 0 aliphatic carbocycles. The zero-order valence-corrected chi connectivity index (χ0v) is 10.4. The predicted molar refractivity (Wildman–Crippen MR) is 64.2 cm³/mol. The van der Waals surface area contributed by atoms with Crippen LogP contribution in [0.1, 0.15) is 20.3 Å². The summed E-state index contributed by atoms with van der Waals surface area (Å²) < 4.78 is 1.26. The van der Waals surface area contributed by atoms with Crippen molar-refractivity contribution in [3.05, 3.63) is 0 Å². The number of likely N-dealkylation sites (N-methyl/N-ethyl adjacent to an activating group) is 1. The number of halogens is 1. The Balaban J connectivity index is 3.06. The van der Waals surface area contributed by atoms with Crippen LogP contribution in [0.2, 0.25) is 0 Å². The molecule has 0 saturated carbocycles.